The first-order valence-electron chi connectivity index (χ1n) is 9.27. The molecule has 2 aromatic rings. The number of rotatable bonds is 11. The topological polar surface area (TPSA) is 46.2 Å². The Morgan fingerprint density at radius 2 is 1.33 bits per heavy atom. The lowest BCUT2D eigenvalue weighted by atomic mass is 9.98. The van der Waals surface area contributed by atoms with Crippen molar-refractivity contribution in [1.82, 2.24) is 5.32 Å². The maximum absolute atomic E-state index is 13.0. The number of hydrogen-bond donors (Lipinski definition) is 1. The van der Waals surface area contributed by atoms with Crippen LogP contribution in [0.4, 0.5) is 8.78 Å². The zero-order valence-corrected chi connectivity index (χ0v) is 15.5. The standard InChI is InChI=1S/C22H25F2NO2/c1-25-20(22(27)17-10-14-19(24)15-11-17)6-4-2-3-5-7-21(26)16-8-12-18(23)13-9-16/h8-15,20,25H,2-7H2,1H3. The molecular formula is C22H25F2NO2. The van der Waals surface area contributed by atoms with Gasteiger partial charge in [0.15, 0.2) is 11.6 Å². The van der Waals surface area contributed by atoms with Crippen LogP contribution in [0.15, 0.2) is 48.5 Å². The van der Waals surface area contributed by atoms with Crippen LogP contribution in [-0.4, -0.2) is 24.7 Å². The van der Waals surface area contributed by atoms with E-state index in [-0.39, 0.29) is 29.2 Å². The van der Waals surface area contributed by atoms with Gasteiger partial charge in [-0.05, 0) is 68.4 Å². The van der Waals surface area contributed by atoms with Crippen molar-refractivity contribution in [2.24, 2.45) is 0 Å². The van der Waals surface area contributed by atoms with E-state index in [2.05, 4.69) is 5.32 Å². The number of ketones is 2. The highest BCUT2D eigenvalue weighted by molar-refractivity contribution is 6.00. The summed E-state index contributed by atoms with van der Waals surface area (Å²) in [5, 5.41) is 3.02. The summed E-state index contributed by atoms with van der Waals surface area (Å²) in [4.78, 5) is 24.4. The Morgan fingerprint density at radius 1 is 0.815 bits per heavy atom. The minimum absolute atomic E-state index is 0.0228. The predicted octanol–water partition coefficient (Wildman–Crippen LogP) is 4.96. The summed E-state index contributed by atoms with van der Waals surface area (Å²) in [6.45, 7) is 0. The molecule has 1 unspecified atom stereocenters. The zero-order valence-electron chi connectivity index (χ0n) is 15.5. The smallest absolute Gasteiger partial charge is 0.179 e. The van der Waals surface area contributed by atoms with E-state index in [4.69, 9.17) is 0 Å². The molecule has 0 amide bonds. The van der Waals surface area contributed by atoms with Gasteiger partial charge in [0.2, 0.25) is 0 Å². The van der Waals surface area contributed by atoms with Crippen LogP contribution in [-0.2, 0) is 0 Å². The van der Waals surface area contributed by atoms with E-state index in [0.717, 1.165) is 25.7 Å². The molecule has 0 saturated heterocycles. The highest BCUT2D eigenvalue weighted by Gasteiger charge is 2.17. The fraction of sp³-hybridized carbons (Fsp3) is 0.364. The van der Waals surface area contributed by atoms with E-state index in [1.54, 1.807) is 7.05 Å². The molecule has 5 heteroatoms. The highest BCUT2D eigenvalue weighted by Crippen LogP contribution is 2.14. The molecule has 0 aliphatic carbocycles. The van der Waals surface area contributed by atoms with Gasteiger partial charge in [0.05, 0.1) is 6.04 Å². The third-order valence-corrected chi connectivity index (χ3v) is 4.61. The minimum Gasteiger partial charge on any atom is -0.310 e. The zero-order chi connectivity index (χ0) is 19.6. The Hall–Kier alpha value is -2.40. The van der Waals surface area contributed by atoms with Crippen LogP contribution in [0.3, 0.4) is 0 Å². The van der Waals surface area contributed by atoms with Gasteiger partial charge in [-0.2, -0.15) is 0 Å². The SMILES string of the molecule is CNC(CCCCCCC(=O)c1ccc(F)cc1)C(=O)c1ccc(F)cc1. The Labute approximate surface area is 158 Å². The third kappa shape index (κ3) is 6.68. The van der Waals surface area contributed by atoms with Crippen molar-refractivity contribution >= 4 is 11.6 Å². The summed E-state index contributed by atoms with van der Waals surface area (Å²) in [7, 11) is 1.74. The summed E-state index contributed by atoms with van der Waals surface area (Å²) in [6, 6.07) is 10.9. The van der Waals surface area contributed by atoms with Crippen molar-refractivity contribution in [3.63, 3.8) is 0 Å². The molecule has 0 aliphatic heterocycles. The molecule has 0 radical (unpaired) electrons. The number of carbonyl (C=O) groups is 2. The van der Waals surface area contributed by atoms with Gasteiger partial charge in [-0.1, -0.05) is 19.3 Å². The van der Waals surface area contributed by atoms with Crippen LogP contribution < -0.4 is 5.32 Å². The molecular weight excluding hydrogens is 348 g/mol. The highest BCUT2D eigenvalue weighted by atomic mass is 19.1. The quantitative estimate of drug-likeness (QED) is 0.447. The predicted molar refractivity (Wildman–Crippen MR) is 102 cm³/mol. The van der Waals surface area contributed by atoms with Crippen molar-refractivity contribution in [1.29, 1.82) is 0 Å². The normalized spacial score (nSPS) is 12.0. The molecule has 0 heterocycles. The Morgan fingerprint density at radius 3 is 1.89 bits per heavy atom. The van der Waals surface area contributed by atoms with Crippen LogP contribution in [0.5, 0.6) is 0 Å². The molecule has 0 spiro atoms. The summed E-state index contributed by atoms with van der Waals surface area (Å²) in [5.41, 5.74) is 1.04. The molecule has 0 aromatic heterocycles. The van der Waals surface area contributed by atoms with Crippen molar-refractivity contribution in [2.75, 3.05) is 7.05 Å². The third-order valence-electron chi connectivity index (χ3n) is 4.61. The summed E-state index contributed by atoms with van der Waals surface area (Å²) in [6.07, 6.45) is 4.59. The average molecular weight is 373 g/mol. The van der Waals surface area contributed by atoms with Crippen LogP contribution >= 0.6 is 0 Å². The fourth-order valence-corrected chi connectivity index (χ4v) is 2.99. The van der Waals surface area contributed by atoms with Gasteiger partial charge >= 0.3 is 0 Å². The first-order chi connectivity index (χ1) is 13.0. The minimum atomic E-state index is -0.359. The molecule has 0 bridgehead atoms. The van der Waals surface area contributed by atoms with E-state index in [0.29, 0.717) is 24.0 Å². The van der Waals surface area contributed by atoms with E-state index < -0.39 is 0 Å². The number of Topliss-reactive ketones (excluding diaryl/α,β-unsaturated/α-hetero) is 2. The first kappa shape index (κ1) is 20.9. The largest absolute Gasteiger partial charge is 0.310 e. The van der Waals surface area contributed by atoms with Crippen LogP contribution in [0.25, 0.3) is 0 Å². The second-order valence-electron chi connectivity index (χ2n) is 6.60. The van der Waals surface area contributed by atoms with Crippen LogP contribution in [0.1, 0.15) is 59.2 Å². The van der Waals surface area contributed by atoms with Gasteiger partial charge in [-0.15, -0.1) is 0 Å². The van der Waals surface area contributed by atoms with Crippen molar-refractivity contribution in [3.05, 3.63) is 71.3 Å². The number of unbranched alkanes of at least 4 members (excludes halogenated alkanes) is 3. The second kappa shape index (κ2) is 10.7. The van der Waals surface area contributed by atoms with E-state index >= 15 is 0 Å². The molecule has 2 aromatic carbocycles. The summed E-state index contributed by atoms with van der Waals surface area (Å²) in [5.74, 6) is -0.720. The van der Waals surface area contributed by atoms with E-state index in [1.807, 2.05) is 0 Å². The molecule has 27 heavy (non-hydrogen) atoms. The van der Waals surface area contributed by atoms with Gasteiger partial charge < -0.3 is 5.32 Å². The average Bonchev–Trinajstić information content (AvgIpc) is 2.68. The number of hydrogen-bond acceptors (Lipinski definition) is 3. The van der Waals surface area contributed by atoms with Crippen LogP contribution in [0.2, 0.25) is 0 Å². The molecule has 0 saturated carbocycles. The molecule has 1 N–H and O–H groups in total. The number of likely N-dealkylation sites (N-methyl/N-ethyl adjacent to an activating group) is 1. The molecule has 144 valence electrons. The monoisotopic (exact) mass is 373 g/mol. The van der Waals surface area contributed by atoms with Crippen molar-refractivity contribution < 1.29 is 18.4 Å². The first-order valence-corrected chi connectivity index (χ1v) is 9.27. The van der Waals surface area contributed by atoms with Gasteiger partial charge in [0, 0.05) is 17.5 Å². The lowest BCUT2D eigenvalue weighted by molar-refractivity contribution is 0.0940. The Bertz CT molecular complexity index is 742. The molecule has 1 atom stereocenters. The van der Waals surface area contributed by atoms with Crippen molar-refractivity contribution in [2.45, 2.75) is 44.6 Å². The maximum atomic E-state index is 13.0. The lowest BCUT2D eigenvalue weighted by Crippen LogP contribution is -2.34. The maximum Gasteiger partial charge on any atom is 0.179 e. The van der Waals surface area contributed by atoms with E-state index in [9.17, 15) is 18.4 Å². The molecule has 2 rings (SSSR count). The number of halogens is 2. The molecule has 0 fully saturated rings. The summed E-state index contributed by atoms with van der Waals surface area (Å²) >= 11 is 0. The summed E-state index contributed by atoms with van der Waals surface area (Å²) < 4.78 is 25.8. The van der Waals surface area contributed by atoms with Gasteiger partial charge in [0.1, 0.15) is 11.6 Å². The number of carbonyl (C=O) groups excluding carboxylic acids is 2. The Balaban J connectivity index is 1.67. The number of benzene rings is 2. The van der Waals surface area contributed by atoms with Crippen molar-refractivity contribution in [3.8, 4) is 0 Å². The van der Waals surface area contributed by atoms with Gasteiger partial charge in [0.25, 0.3) is 0 Å². The molecule has 3 nitrogen and oxygen atoms in total. The second-order valence-corrected chi connectivity index (χ2v) is 6.60. The Kier molecular flexibility index (Phi) is 8.27. The number of nitrogens with one attached hydrogen (secondary N) is 1. The fourth-order valence-electron chi connectivity index (χ4n) is 2.99. The van der Waals surface area contributed by atoms with Crippen LogP contribution in [0, 0.1) is 11.6 Å². The van der Waals surface area contributed by atoms with E-state index in [1.165, 1.54) is 48.5 Å². The van der Waals surface area contributed by atoms with Gasteiger partial charge in [-0.3, -0.25) is 9.59 Å². The lowest BCUT2D eigenvalue weighted by Gasteiger charge is -2.15. The molecule has 0 aliphatic rings. The van der Waals surface area contributed by atoms with Gasteiger partial charge in [-0.25, -0.2) is 8.78 Å².